The van der Waals surface area contributed by atoms with Crippen LogP contribution in [-0.2, 0) is 19.1 Å². The zero-order valence-corrected chi connectivity index (χ0v) is 15.9. The van der Waals surface area contributed by atoms with E-state index in [-0.39, 0.29) is 22.5 Å². The van der Waals surface area contributed by atoms with Crippen LogP contribution in [0.1, 0.15) is 11.1 Å². The quantitative estimate of drug-likeness (QED) is 0.291. The molecule has 30 heavy (non-hydrogen) atoms. The van der Waals surface area contributed by atoms with Crippen LogP contribution in [0, 0.1) is 20.2 Å². The van der Waals surface area contributed by atoms with E-state index in [1.807, 2.05) is 0 Å². The Morgan fingerprint density at radius 1 is 0.767 bits per heavy atom. The molecule has 0 spiro atoms. The molecule has 0 aromatic heterocycles. The van der Waals surface area contributed by atoms with E-state index in [1.165, 1.54) is 62.8 Å². The Morgan fingerprint density at radius 3 is 1.43 bits per heavy atom. The molecule has 0 aliphatic heterocycles. The molecule has 2 aromatic carbocycles. The largest absolute Gasteiger partial charge is 0.466 e. The Balaban J connectivity index is 2.50. The van der Waals surface area contributed by atoms with E-state index in [4.69, 9.17) is 0 Å². The van der Waals surface area contributed by atoms with Gasteiger partial charge in [0.1, 0.15) is 0 Å². The predicted molar refractivity (Wildman–Crippen MR) is 107 cm³/mol. The van der Waals surface area contributed by atoms with Crippen LogP contribution in [0.5, 0.6) is 0 Å². The van der Waals surface area contributed by atoms with Gasteiger partial charge in [-0.15, -0.1) is 0 Å². The normalized spacial score (nSPS) is 10.9. The van der Waals surface area contributed by atoms with Crippen LogP contribution in [0.25, 0.3) is 23.3 Å². The third-order valence-electron chi connectivity index (χ3n) is 3.99. The lowest BCUT2D eigenvalue weighted by Gasteiger charge is -2.06. The number of hydrogen-bond donors (Lipinski definition) is 0. The summed E-state index contributed by atoms with van der Waals surface area (Å²) >= 11 is 0. The minimum Gasteiger partial charge on any atom is -0.466 e. The molecule has 0 bridgehead atoms. The van der Waals surface area contributed by atoms with Crippen molar-refractivity contribution < 1.29 is 28.9 Å². The second-order valence-corrected chi connectivity index (χ2v) is 5.77. The lowest BCUT2D eigenvalue weighted by molar-refractivity contribution is -0.385. The van der Waals surface area contributed by atoms with Crippen molar-refractivity contribution in [2.75, 3.05) is 14.2 Å². The molecule has 0 saturated carbocycles. The van der Waals surface area contributed by atoms with Crippen LogP contribution in [0.15, 0.2) is 48.6 Å². The number of carbonyl (C=O) groups is 2. The first-order chi connectivity index (χ1) is 14.3. The Hall–Kier alpha value is -4.34. The van der Waals surface area contributed by atoms with Gasteiger partial charge in [-0.25, -0.2) is 9.59 Å². The summed E-state index contributed by atoms with van der Waals surface area (Å²) in [4.78, 5) is 44.0. The second kappa shape index (κ2) is 9.73. The van der Waals surface area contributed by atoms with Crippen LogP contribution in [0.4, 0.5) is 11.4 Å². The first kappa shape index (κ1) is 22.0. The van der Waals surface area contributed by atoms with E-state index in [9.17, 15) is 29.8 Å². The summed E-state index contributed by atoms with van der Waals surface area (Å²) in [5.41, 5.74) is 0.490. The summed E-state index contributed by atoms with van der Waals surface area (Å²) in [6.07, 6.45) is 4.60. The van der Waals surface area contributed by atoms with Crippen molar-refractivity contribution in [3.63, 3.8) is 0 Å². The van der Waals surface area contributed by atoms with Crippen molar-refractivity contribution in [1.82, 2.24) is 0 Å². The molecule has 154 valence electrons. The van der Waals surface area contributed by atoms with E-state index >= 15 is 0 Å². The van der Waals surface area contributed by atoms with Gasteiger partial charge in [0, 0.05) is 24.3 Å². The highest BCUT2D eigenvalue weighted by Gasteiger charge is 2.17. The molecule has 0 N–H and O–H groups in total. The van der Waals surface area contributed by atoms with E-state index < -0.39 is 21.8 Å². The maximum atomic E-state index is 11.4. The molecule has 0 amide bonds. The van der Waals surface area contributed by atoms with Crippen LogP contribution in [0.2, 0.25) is 0 Å². The molecule has 0 fully saturated rings. The SMILES string of the molecule is COC(=O)/C=C/c1ccc(-c2ccc(/C=C/C(=O)OC)c([N+](=O)[O-])c2)cc1[N+](=O)[O-]. The minimum atomic E-state index is -0.667. The summed E-state index contributed by atoms with van der Waals surface area (Å²) in [7, 11) is 2.36. The van der Waals surface area contributed by atoms with Gasteiger partial charge in [-0.3, -0.25) is 20.2 Å². The molecular formula is C20H16N2O8. The van der Waals surface area contributed by atoms with E-state index in [0.717, 1.165) is 12.2 Å². The van der Waals surface area contributed by atoms with Crippen molar-refractivity contribution in [1.29, 1.82) is 0 Å². The number of hydrogen-bond acceptors (Lipinski definition) is 8. The smallest absolute Gasteiger partial charge is 0.330 e. The molecule has 2 aromatic rings. The zero-order valence-electron chi connectivity index (χ0n) is 15.9. The second-order valence-electron chi connectivity index (χ2n) is 5.77. The van der Waals surface area contributed by atoms with Crippen LogP contribution >= 0.6 is 0 Å². The van der Waals surface area contributed by atoms with Crippen molar-refractivity contribution in [3.05, 3.63) is 79.9 Å². The van der Waals surface area contributed by atoms with Crippen molar-refractivity contribution in [2.24, 2.45) is 0 Å². The zero-order chi connectivity index (χ0) is 22.3. The number of methoxy groups -OCH3 is 2. The van der Waals surface area contributed by atoms with Gasteiger partial charge in [-0.2, -0.15) is 0 Å². The van der Waals surface area contributed by atoms with Gasteiger partial charge in [-0.05, 0) is 35.4 Å². The summed E-state index contributed by atoms with van der Waals surface area (Å²) in [5.74, 6) is -1.33. The highest BCUT2D eigenvalue weighted by molar-refractivity contribution is 5.89. The molecule has 0 radical (unpaired) electrons. The molecule has 0 aliphatic rings. The third kappa shape index (κ3) is 5.35. The van der Waals surface area contributed by atoms with Gasteiger partial charge in [0.05, 0.1) is 35.2 Å². The topological polar surface area (TPSA) is 139 Å². The molecule has 0 heterocycles. The summed E-state index contributed by atoms with van der Waals surface area (Å²) < 4.78 is 8.92. The average Bonchev–Trinajstić information content (AvgIpc) is 2.75. The maximum Gasteiger partial charge on any atom is 0.330 e. The molecule has 0 unspecified atom stereocenters. The maximum absolute atomic E-state index is 11.4. The molecule has 0 aliphatic carbocycles. The number of ether oxygens (including phenoxy) is 2. The lowest BCUT2D eigenvalue weighted by atomic mass is 9.99. The molecular weight excluding hydrogens is 396 g/mol. The molecule has 0 saturated heterocycles. The first-order valence-electron chi connectivity index (χ1n) is 8.36. The first-order valence-corrected chi connectivity index (χ1v) is 8.36. The Labute approximate surface area is 170 Å². The van der Waals surface area contributed by atoms with Gasteiger partial charge < -0.3 is 9.47 Å². The number of carbonyl (C=O) groups excluding carboxylic acids is 2. The predicted octanol–water partition coefficient (Wildman–Crippen LogP) is 3.54. The monoisotopic (exact) mass is 412 g/mol. The van der Waals surface area contributed by atoms with Gasteiger partial charge >= 0.3 is 11.9 Å². The standard InChI is InChI=1S/C20H16N2O8/c1-29-19(23)9-7-13-3-5-15(11-17(13)21(25)26)16-6-4-14(8-10-20(24)30-2)18(12-16)22(27)28/h3-12H,1-2H3/b9-7+,10-8+. The molecule has 0 atom stereocenters. The van der Waals surface area contributed by atoms with E-state index in [2.05, 4.69) is 9.47 Å². The highest BCUT2D eigenvalue weighted by atomic mass is 16.6. The molecule has 2 rings (SSSR count). The Kier molecular flexibility index (Phi) is 7.12. The summed E-state index contributed by atoms with van der Waals surface area (Å²) in [6, 6.07) is 8.41. The van der Waals surface area contributed by atoms with Gasteiger partial charge in [0.15, 0.2) is 0 Å². The van der Waals surface area contributed by atoms with Crippen LogP contribution in [-0.4, -0.2) is 36.0 Å². The number of esters is 2. The van der Waals surface area contributed by atoms with E-state index in [1.54, 1.807) is 0 Å². The number of rotatable bonds is 7. The lowest BCUT2D eigenvalue weighted by Crippen LogP contribution is -1.97. The van der Waals surface area contributed by atoms with Crippen molar-refractivity contribution in [2.45, 2.75) is 0 Å². The average molecular weight is 412 g/mol. The van der Waals surface area contributed by atoms with E-state index in [0.29, 0.717) is 11.1 Å². The third-order valence-corrected chi connectivity index (χ3v) is 3.99. The Bertz CT molecular complexity index is 987. The highest BCUT2D eigenvalue weighted by Crippen LogP contribution is 2.32. The van der Waals surface area contributed by atoms with Crippen LogP contribution < -0.4 is 0 Å². The van der Waals surface area contributed by atoms with Gasteiger partial charge in [-0.1, -0.05) is 12.1 Å². The van der Waals surface area contributed by atoms with Gasteiger partial charge in [0.25, 0.3) is 11.4 Å². The van der Waals surface area contributed by atoms with Gasteiger partial charge in [0.2, 0.25) is 0 Å². The minimum absolute atomic E-state index is 0.168. The fraction of sp³-hybridized carbons (Fsp3) is 0.100. The summed E-state index contributed by atoms with van der Waals surface area (Å²) in [6.45, 7) is 0. The fourth-order valence-electron chi connectivity index (χ4n) is 2.50. The number of benzene rings is 2. The number of nitro benzene ring substituents is 2. The van der Waals surface area contributed by atoms with Crippen LogP contribution in [0.3, 0.4) is 0 Å². The fourth-order valence-corrected chi connectivity index (χ4v) is 2.50. The number of nitro groups is 2. The molecule has 10 heteroatoms. The Morgan fingerprint density at radius 2 is 1.13 bits per heavy atom. The van der Waals surface area contributed by atoms with Crippen molar-refractivity contribution >= 4 is 35.5 Å². The number of nitrogens with zero attached hydrogens (tertiary/aromatic N) is 2. The molecule has 10 nitrogen and oxygen atoms in total. The summed E-state index contributed by atoms with van der Waals surface area (Å²) in [5, 5.41) is 22.8. The van der Waals surface area contributed by atoms with Crippen molar-refractivity contribution in [3.8, 4) is 11.1 Å².